The zero-order valence-corrected chi connectivity index (χ0v) is 18.2. The van der Waals surface area contributed by atoms with Crippen LogP contribution in [0.5, 0.6) is 5.75 Å². The summed E-state index contributed by atoms with van der Waals surface area (Å²) >= 11 is 6.22. The lowest BCUT2D eigenvalue weighted by atomic mass is 10.1. The number of carbonyl (C=O) groups is 1. The van der Waals surface area contributed by atoms with Crippen LogP contribution in [0, 0.1) is 17.0 Å². The Balaban J connectivity index is 1.58. The number of anilines is 1. The molecule has 0 aliphatic carbocycles. The number of hydrogen-bond acceptors (Lipinski definition) is 7. The molecule has 2 aromatic carbocycles. The van der Waals surface area contributed by atoms with E-state index in [9.17, 15) is 19.7 Å². The second kappa shape index (κ2) is 8.51. The van der Waals surface area contributed by atoms with E-state index in [1.807, 2.05) is 25.1 Å². The number of carbonyl (C=O) groups excluding carboxylic acids is 1. The van der Waals surface area contributed by atoms with Crippen LogP contribution in [-0.4, -0.2) is 49.0 Å². The number of methoxy groups -OCH3 is 1. The van der Waals surface area contributed by atoms with Crippen LogP contribution in [0.15, 0.2) is 45.6 Å². The monoisotopic (exact) mass is 457 g/mol. The molecule has 1 amide bonds. The summed E-state index contributed by atoms with van der Waals surface area (Å²) in [5, 5.41) is 12.1. The molecule has 166 valence electrons. The lowest BCUT2D eigenvalue weighted by Gasteiger charge is -2.36. The number of hydrogen-bond donors (Lipinski definition) is 0. The van der Waals surface area contributed by atoms with Gasteiger partial charge in [0.05, 0.1) is 18.1 Å². The summed E-state index contributed by atoms with van der Waals surface area (Å²) < 4.78 is 10.4. The number of nitrogens with zero attached hydrogens (tertiary/aromatic N) is 3. The zero-order chi connectivity index (χ0) is 23.0. The Morgan fingerprint density at radius 1 is 1.16 bits per heavy atom. The third-order valence-corrected chi connectivity index (χ3v) is 5.94. The second-order valence-electron chi connectivity index (χ2n) is 7.48. The Morgan fingerprint density at radius 2 is 1.88 bits per heavy atom. The third-order valence-electron chi connectivity index (χ3n) is 5.53. The largest absolute Gasteiger partial charge is 0.493 e. The number of benzene rings is 2. The van der Waals surface area contributed by atoms with Crippen LogP contribution in [0.1, 0.15) is 15.9 Å². The topological polar surface area (TPSA) is 106 Å². The summed E-state index contributed by atoms with van der Waals surface area (Å²) in [7, 11) is 1.32. The van der Waals surface area contributed by atoms with E-state index in [-0.39, 0.29) is 28.0 Å². The Bertz CT molecular complexity index is 1280. The number of ether oxygens (including phenoxy) is 1. The minimum atomic E-state index is -0.817. The van der Waals surface area contributed by atoms with E-state index in [1.165, 1.54) is 25.3 Å². The van der Waals surface area contributed by atoms with E-state index in [4.69, 9.17) is 20.8 Å². The third kappa shape index (κ3) is 3.99. The number of halogens is 1. The van der Waals surface area contributed by atoms with Gasteiger partial charge >= 0.3 is 5.63 Å². The van der Waals surface area contributed by atoms with Crippen LogP contribution < -0.4 is 15.3 Å². The van der Waals surface area contributed by atoms with Crippen molar-refractivity contribution >= 4 is 39.9 Å². The number of non-ortho nitro benzene ring substituents is 1. The molecule has 1 saturated heterocycles. The highest BCUT2D eigenvalue weighted by Gasteiger charge is 2.26. The van der Waals surface area contributed by atoms with Gasteiger partial charge in [-0.3, -0.25) is 14.9 Å². The Morgan fingerprint density at radius 3 is 2.50 bits per heavy atom. The van der Waals surface area contributed by atoms with Crippen LogP contribution in [0.2, 0.25) is 5.02 Å². The average molecular weight is 458 g/mol. The molecule has 0 bridgehead atoms. The van der Waals surface area contributed by atoms with Crippen LogP contribution in [0.4, 0.5) is 11.4 Å². The van der Waals surface area contributed by atoms with Crippen molar-refractivity contribution in [2.24, 2.45) is 0 Å². The molecule has 4 rings (SSSR count). The molecule has 1 aliphatic heterocycles. The summed E-state index contributed by atoms with van der Waals surface area (Å²) in [6, 6.07) is 9.57. The predicted octanol–water partition coefficient (Wildman–Crippen LogP) is 3.63. The minimum absolute atomic E-state index is 0.0515. The van der Waals surface area contributed by atoms with E-state index < -0.39 is 16.5 Å². The second-order valence-corrected chi connectivity index (χ2v) is 7.89. The fourth-order valence-corrected chi connectivity index (χ4v) is 3.88. The maximum Gasteiger partial charge on any atom is 0.349 e. The van der Waals surface area contributed by atoms with Gasteiger partial charge in [-0.2, -0.15) is 0 Å². The first kappa shape index (κ1) is 21.6. The first-order valence-corrected chi connectivity index (χ1v) is 10.3. The van der Waals surface area contributed by atoms with Crippen LogP contribution >= 0.6 is 11.6 Å². The first-order valence-electron chi connectivity index (χ1n) is 9.89. The van der Waals surface area contributed by atoms with Gasteiger partial charge < -0.3 is 19.0 Å². The molecular formula is C22H20ClN3O6. The predicted molar refractivity (Wildman–Crippen MR) is 120 cm³/mol. The average Bonchev–Trinajstić information content (AvgIpc) is 2.79. The number of amides is 1. The smallest absolute Gasteiger partial charge is 0.349 e. The van der Waals surface area contributed by atoms with Crippen molar-refractivity contribution in [2.45, 2.75) is 6.92 Å². The van der Waals surface area contributed by atoms with Crippen molar-refractivity contribution in [2.75, 3.05) is 38.2 Å². The lowest BCUT2D eigenvalue weighted by molar-refractivity contribution is -0.384. The van der Waals surface area contributed by atoms with E-state index >= 15 is 0 Å². The highest BCUT2D eigenvalue weighted by atomic mass is 35.5. The Labute approximate surface area is 187 Å². The maximum absolute atomic E-state index is 13.0. The highest BCUT2D eigenvalue weighted by Crippen LogP contribution is 2.31. The van der Waals surface area contributed by atoms with Crippen molar-refractivity contribution in [3.05, 3.63) is 73.1 Å². The molecule has 0 spiro atoms. The van der Waals surface area contributed by atoms with Crippen LogP contribution in [0.3, 0.4) is 0 Å². The quantitative estimate of drug-likeness (QED) is 0.334. The standard InChI is InChI=1S/C22H20ClN3O6/c1-13-3-4-15(11-18(13)23)24-5-7-25(8-6-24)21(27)17-10-14-9-16(26(29)30)12-19(31-2)20(14)32-22(17)28/h3-4,9-12H,5-8H2,1-2H3. The molecule has 0 N–H and O–H groups in total. The molecule has 32 heavy (non-hydrogen) atoms. The van der Waals surface area contributed by atoms with Gasteiger partial charge in [0.25, 0.3) is 11.6 Å². The molecule has 9 nitrogen and oxygen atoms in total. The maximum atomic E-state index is 13.0. The summed E-state index contributed by atoms with van der Waals surface area (Å²) in [6.07, 6.45) is 0. The van der Waals surface area contributed by atoms with E-state index in [1.54, 1.807) is 4.90 Å². The summed E-state index contributed by atoms with van der Waals surface area (Å²) in [5.41, 5.74) is 0.795. The van der Waals surface area contributed by atoms with Gasteiger partial charge in [-0.25, -0.2) is 4.79 Å². The normalized spacial score (nSPS) is 14.0. The lowest BCUT2D eigenvalue weighted by Crippen LogP contribution is -2.49. The van der Waals surface area contributed by atoms with Crippen molar-refractivity contribution in [3.63, 3.8) is 0 Å². The zero-order valence-electron chi connectivity index (χ0n) is 17.5. The molecule has 1 aliphatic rings. The van der Waals surface area contributed by atoms with E-state index in [0.717, 1.165) is 11.3 Å². The van der Waals surface area contributed by atoms with Gasteiger partial charge in [-0.15, -0.1) is 0 Å². The number of nitro benzene ring substituents is 1. The molecule has 0 radical (unpaired) electrons. The van der Waals surface area contributed by atoms with Crippen LogP contribution in [0.25, 0.3) is 11.0 Å². The van der Waals surface area contributed by atoms with Crippen LogP contribution in [-0.2, 0) is 0 Å². The molecule has 10 heteroatoms. The summed E-state index contributed by atoms with van der Waals surface area (Å²) in [6.45, 7) is 3.88. The number of fused-ring (bicyclic) bond motifs is 1. The van der Waals surface area contributed by atoms with Gasteiger partial charge in [0, 0.05) is 48.3 Å². The Kier molecular flexibility index (Phi) is 5.75. The molecule has 1 aromatic heterocycles. The van der Waals surface area contributed by atoms with E-state index in [0.29, 0.717) is 31.2 Å². The molecule has 1 fully saturated rings. The van der Waals surface area contributed by atoms with Gasteiger partial charge in [0.15, 0.2) is 11.3 Å². The van der Waals surface area contributed by atoms with E-state index in [2.05, 4.69) is 4.90 Å². The highest BCUT2D eigenvalue weighted by molar-refractivity contribution is 6.31. The summed E-state index contributed by atoms with van der Waals surface area (Å²) in [4.78, 5) is 39.9. The van der Waals surface area contributed by atoms with Crippen molar-refractivity contribution in [1.29, 1.82) is 0 Å². The van der Waals surface area contributed by atoms with Gasteiger partial charge in [-0.1, -0.05) is 17.7 Å². The van der Waals surface area contributed by atoms with Crippen molar-refractivity contribution < 1.29 is 18.9 Å². The number of aryl methyl sites for hydroxylation is 1. The molecular weight excluding hydrogens is 438 g/mol. The molecule has 2 heterocycles. The molecule has 0 unspecified atom stereocenters. The number of piperazine rings is 1. The van der Waals surface area contributed by atoms with Crippen molar-refractivity contribution in [1.82, 2.24) is 4.90 Å². The molecule has 0 atom stereocenters. The molecule has 3 aromatic rings. The van der Waals surface area contributed by atoms with Crippen molar-refractivity contribution in [3.8, 4) is 5.75 Å². The number of rotatable bonds is 4. The van der Waals surface area contributed by atoms with Gasteiger partial charge in [-0.05, 0) is 30.7 Å². The Hall–Kier alpha value is -3.59. The van der Waals surface area contributed by atoms with Gasteiger partial charge in [0.2, 0.25) is 0 Å². The first-order chi connectivity index (χ1) is 15.3. The SMILES string of the molecule is COc1cc([N+](=O)[O-])cc2cc(C(=O)N3CCN(c4ccc(C)c(Cl)c4)CC3)c(=O)oc12. The minimum Gasteiger partial charge on any atom is -0.493 e. The summed E-state index contributed by atoms with van der Waals surface area (Å²) in [5.74, 6) is -0.427. The van der Waals surface area contributed by atoms with Gasteiger partial charge in [0.1, 0.15) is 5.56 Å². The number of nitro groups is 1. The fourth-order valence-electron chi connectivity index (χ4n) is 3.71. The fraction of sp³-hybridized carbons (Fsp3) is 0.273. The molecule has 0 saturated carbocycles.